The van der Waals surface area contributed by atoms with Crippen LogP contribution in [0.5, 0.6) is 11.5 Å². The van der Waals surface area contributed by atoms with Crippen LogP contribution >= 0.6 is 0 Å². The van der Waals surface area contributed by atoms with E-state index in [0.717, 1.165) is 25.1 Å². The third-order valence-electron chi connectivity index (χ3n) is 4.10. The second-order valence-corrected chi connectivity index (χ2v) is 5.46. The molecule has 3 N–H and O–H groups in total. The van der Waals surface area contributed by atoms with E-state index in [1.165, 1.54) is 26.4 Å². The van der Waals surface area contributed by atoms with E-state index < -0.39 is 0 Å². The highest BCUT2D eigenvalue weighted by molar-refractivity contribution is 5.54. The first-order valence-electron chi connectivity index (χ1n) is 6.91. The van der Waals surface area contributed by atoms with E-state index in [1.54, 1.807) is 12.1 Å². The van der Waals surface area contributed by atoms with Crippen LogP contribution in [-0.4, -0.2) is 30.5 Å². The number of hydrogen-bond donors (Lipinski definition) is 3. The first-order chi connectivity index (χ1) is 9.19. The van der Waals surface area contributed by atoms with E-state index in [4.69, 9.17) is 4.74 Å². The summed E-state index contributed by atoms with van der Waals surface area (Å²) in [7, 11) is 1.53. The van der Waals surface area contributed by atoms with Crippen LogP contribution in [0.1, 0.15) is 32.1 Å². The van der Waals surface area contributed by atoms with Crippen LogP contribution in [0.15, 0.2) is 18.2 Å². The maximum absolute atomic E-state index is 9.74. The monoisotopic (exact) mass is 265 g/mol. The number of nitrogens with one attached hydrogen (secondary N) is 1. The maximum atomic E-state index is 9.74. The van der Waals surface area contributed by atoms with Crippen LogP contribution in [0, 0.1) is 5.41 Å². The van der Waals surface area contributed by atoms with Crippen LogP contribution in [0.25, 0.3) is 0 Å². The minimum atomic E-state index is -0.00615. The Hall–Kier alpha value is -1.42. The molecule has 0 heterocycles. The zero-order valence-electron chi connectivity index (χ0n) is 11.5. The van der Waals surface area contributed by atoms with Crippen molar-refractivity contribution in [2.24, 2.45) is 5.41 Å². The van der Waals surface area contributed by atoms with Gasteiger partial charge in [0.25, 0.3) is 0 Å². The van der Waals surface area contributed by atoms with Gasteiger partial charge in [0.1, 0.15) is 0 Å². The van der Waals surface area contributed by atoms with Crippen molar-refractivity contribution < 1.29 is 14.9 Å². The molecule has 1 aliphatic rings. The van der Waals surface area contributed by atoms with Crippen LogP contribution in [-0.2, 0) is 0 Å². The lowest BCUT2D eigenvalue weighted by Crippen LogP contribution is -2.35. The fourth-order valence-corrected chi connectivity index (χ4v) is 2.78. The van der Waals surface area contributed by atoms with Gasteiger partial charge in [0.15, 0.2) is 11.5 Å². The highest BCUT2D eigenvalue weighted by Crippen LogP contribution is 2.36. The highest BCUT2D eigenvalue weighted by Gasteiger charge is 2.31. The molecule has 106 valence electrons. The normalized spacial score (nSPS) is 18.0. The van der Waals surface area contributed by atoms with Crippen molar-refractivity contribution in [1.82, 2.24) is 0 Å². The van der Waals surface area contributed by atoms with Crippen LogP contribution in [0.4, 0.5) is 5.69 Å². The van der Waals surface area contributed by atoms with Gasteiger partial charge in [0, 0.05) is 23.7 Å². The summed E-state index contributed by atoms with van der Waals surface area (Å²) in [5, 5.41) is 22.7. The fourth-order valence-electron chi connectivity index (χ4n) is 2.78. The average molecular weight is 265 g/mol. The third kappa shape index (κ3) is 3.32. The quantitative estimate of drug-likeness (QED) is 0.766. The molecule has 1 aliphatic carbocycles. The van der Waals surface area contributed by atoms with Crippen LogP contribution < -0.4 is 10.1 Å². The highest BCUT2D eigenvalue weighted by atomic mass is 16.5. The van der Waals surface area contributed by atoms with Gasteiger partial charge < -0.3 is 20.3 Å². The topological polar surface area (TPSA) is 61.7 Å². The molecule has 0 unspecified atom stereocenters. The molecule has 0 atom stereocenters. The van der Waals surface area contributed by atoms with E-state index in [-0.39, 0.29) is 17.8 Å². The number of aliphatic hydroxyl groups excluding tert-OH is 1. The van der Waals surface area contributed by atoms with Gasteiger partial charge in [-0.3, -0.25) is 0 Å². The number of benzene rings is 1. The van der Waals surface area contributed by atoms with Gasteiger partial charge in [0.2, 0.25) is 0 Å². The first-order valence-corrected chi connectivity index (χ1v) is 6.91. The van der Waals surface area contributed by atoms with E-state index in [9.17, 15) is 10.2 Å². The van der Waals surface area contributed by atoms with Gasteiger partial charge in [-0.05, 0) is 25.0 Å². The molecular formula is C15H23NO3. The number of rotatable bonds is 5. The van der Waals surface area contributed by atoms with Crippen molar-refractivity contribution in [2.45, 2.75) is 32.1 Å². The Morgan fingerprint density at radius 2 is 2.00 bits per heavy atom. The van der Waals surface area contributed by atoms with E-state index in [1.807, 2.05) is 6.07 Å². The van der Waals surface area contributed by atoms with Gasteiger partial charge in [-0.2, -0.15) is 0 Å². The minimum Gasteiger partial charge on any atom is -0.504 e. The summed E-state index contributed by atoms with van der Waals surface area (Å²) in [5.74, 6) is 0.606. The molecule has 4 nitrogen and oxygen atoms in total. The van der Waals surface area contributed by atoms with Crippen molar-refractivity contribution in [3.05, 3.63) is 18.2 Å². The molecule has 4 heteroatoms. The summed E-state index contributed by atoms with van der Waals surface area (Å²) >= 11 is 0. The van der Waals surface area contributed by atoms with Crippen molar-refractivity contribution >= 4 is 5.69 Å². The van der Waals surface area contributed by atoms with Crippen molar-refractivity contribution in [2.75, 3.05) is 25.6 Å². The molecule has 19 heavy (non-hydrogen) atoms. The van der Waals surface area contributed by atoms with E-state index in [2.05, 4.69) is 5.32 Å². The van der Waals surface area contributed by atoms with Crippen LogP contribution in [0.2, 0.25) is 0 Å². The first kappa shape index (κ1) is 14.0. The Morgan fingerprint density at radius 3 is 2.58 bits per heavy atom. The zero-order chi connectivity index (χ0) is 13.7. The molecule has 0 aromatic heterocycles. The van der Waals surface area contributed by atoms with E-state index >= 15 is 0 Å². The summed E-state index contributed by atoms with van der Waals surface area (Å²) < 4.78 is 5.02. The maximum Gasteiger partial charge on any atom is 0.160 e. The second kappa shape index (κ2) is 6.15. The molecule has 0 aliphatic heterocycles. The summed E-state index contributed by atoms with van der Waals surface area (Å²) in [6.07, 6.45) is 5.79. The molecule has 0 radical (unpaired) electrons. The molecule has 1 fully saturated rings. The number of aromatic hydroxyl groups is 1. The molecule has 0 bridgehead atoms. The molecule has 1 aromatic rings. The smallest absolute Gasteiger partial charge is 0.160 e. The van der Waals surface area contributed by atoms with E-state index in [0.29, 0.717) is 5.75 Å². The zero-order valence-corrected chi connectivity index (χ0v) is 11.5. The molecular weight excluding hydrogens is 242 g/mol. The predicted molar refractivity (Wildman–Crippen MR) is 75.8 cm³/mol. The number of phenols is 1. The number of hydrogen-bond acceptors (Lipinski definition) is 4. The molecule has 0 saturated heterocycles. The van der Waals surface area contributed by atoms with Gasteiger partial charge >= 0.3 is 0 Å². The van der Waals surface area contributed by atoms with Gasteiger partial charge in [-0.1, -0.05) is 19.3 Å². The number of aliphatic hydroxyl groups is 1. The molecule has 1 aromatic carbocycles. The molecule has 2 rings (SSSR count). The summed E-state index contributed by atoms with van der Waals surface area (Å²) in [5.41, 5.74) is 0.852. The number of phenolic OH excluding ortho intramolecular Hbond substituents is 1. The lowest BCUT2D eigenvalue weighted by atomic mass is 9.74. The number of anilines is 1. The largest absolute Gasteiger partial charge is 0.504 e. The summed E-state index contributed by atoms with van der Waals surface area (Å²) in [6.45, 7) is 0.970. The molecule has 0 spiro atoms. The average Bonchev–Trinajstić information content (AvgIpc) is 2.46. The van der Waals surface area contributed by atoms with Crippen molar-refractivity contribution in [1.29, 1.82) is 0 Å². The standard InChI is InChI=1S/C15H23NO3/c1-19-14-6-5-12(9-13(14)18)16-10-15(11-17)7-3-2-4-8-15/h5-6,9,16-18H,2-4,7-8,10-11H2,1H3. The third-order valence-corrected chi connectivity index (χ3v) is 4.10. The van der Waals surface area contributed by atoms with Crippen molar-refractivity contribution in [3.8, 4) is 11.5 Å². The lowest BCUT2D eigenvalue weighted by molar-refractivity contribution is 0.0944. The Morgan fingerprint density at radius 1 is 1.26 bits per heavy atom. The van der Waals surface area contributed by atoms with Gasteiger partial charge in [-0.25, -0.2) is 0 Å². The Balaban J connectivity index is 1.99. The molecule has 1 saturated carbocycles. The van der Waals surface area contributed by atoms with Crippen molar-refractivity contribution in [3.63, 3.8) is 0 Å². The van der Waals surface area contributed by atoms with Crippen LogP contribution in [0.3, 0.4) is 0 Å². The summed E-state index contributed by atoms with van der Waals surface area (Å²) in [4.78, 5) is 0. The second-order valence-electron chi connectivity index (χ2n) is 5.46. The van der Waals surface area contributed by atoms with Gasteiger partial charge in [-0.15, -0.1) is 0 Å². The summed E-state index contributed by atoms with van der Waals surface area (Å²) in [6, 6.07) is 5.28. The Bertz CT molecular complexity index is 414. The number of ether oxygens (including phenoxy) is 1. The fraction of sp³-hybridized carbons (Fsp3) is 0.600. The molecule has 0 amide bonds. The number of methoxy groups -OCH3 is 1. The Kier molecular flexibility index (Phi) is 4.53. The predicted octanol–water partition coefficient (Wildman–Crippen LogP) is 2.76. The SMILES string of the molecule is COc1ccc(NCC2(CO)CCCCC2)cc1O. The minimum absolute atomic E-state index is 0.00615. The lowest BCUT2D eigenvalue weighted by Gasteiger charge is -2.36. The Labute approximate surface area is 114 Å². The van der Waals surface area contributed by atoms with Gasteiger partial charge in [0.05, 0.1) is 13.7 Å².